The summed E-state index contributed by atoms with van der Waals surface area (Å²) in [7, 11) is 0. The van der Waals surface area contributed by atoms with E-state index in [1.165, 1.54) is 0 Å². The molecule has 1 aliphatic heterocycles. The first kappa shape index (κ1) is 9.89. The molecule has 2 rings (SSSR count). The number of anilines is 1. The number of hydrogen-bond acceptors (Lipinski definition) is 2. The van der Waals surface area contributed by atoms with Crippen LogP contribution in [-0.4, -0.2) is 18.7 Å². The van der Waals surface area contributed by atoms with Gasteiger partial charge in [-0.15, -0.1) is 0 Å². The Bertz CT molecular complexity index is 388. The third-order valence-electron chi connectivity index (χ3n) is 2.03. The molecule has 0 saturated carbocycles. The Morgan fingerprint density at radius 1 is 1.33 bits per heavy atom. The second-order valence-electron chi connectivity index (χ2n) is 3.24. The summed E-state index contributed by atoms with van der Waals surface area (Å²) in [5, 5.41) is 0. The van der Waals surface area contributed by atoms with Gasteiger partial charge in [0.15, 0.2) is 0 Å². The second-order valence-corrected chi connectivity index (χ2v) is 3.24. The van der Waals surface area contributed by atoms with Crippen molar-refractivity contribution in [3.63, 3.8) is 0 Å². The second kappa shape index (κ2) is 3.49. The normalized spacial score (nSPS) is 20.6. The van der Waals surface area contributed by atoms with E-state index in [1.54, 1.807) is 0 Å². The largest absolute Gasteiger partial charge is 0.444 e. The lowest BCUT2D eigenvalue weighted by molar-refractivity contribution is 0.159. The molecule has 0 spiro atoms. The Morgan fingerprint density at radius 2 is 1.93 bits per heavy atom. The van der Waals surface area contributed by atoms with Crippen molar-refractivity contribution in [1.29, 1.82) is 0 Å². The van der Waals surface area contributed by atoms with Gasteiger partial charge in [0.05, 0.1) is 12.2 Å². The summed E-state index contributed by atoms with van der Waals surface area (Å²) in [5.74, 6) is -1.46. The zero-order chi connectivity index (χ0) is 11.0. The molecule has 1 heterocycles. The number of amides is 1. The highest BCUT2D eigenvalue weighted by Crippen LogP contribution is 2.23. The number of halogens is 2. The Kier molecular flexibility index (Phi) is 2.30. The lowest BCUT2D eigenvalue weighted by Gasteiger charge is -2.12. The number of carbonyl (C=O) groups excluding carboxylic acids is 1. The SMILES string of the molecule is [CH2]C1CN(c2cc(F)cc(F)c2)C(=O)O1. The van der Waals surface area contributed by atoms with Crippen LogP contribution in [0.15, 0.2) is 18.2 Å². The van der Waals surface area contributed by atoms with Gasteiger partial charge in [-0.2, -0.15) is 0 Å². The molecular formula is C10H8F2NO2. The van der Waals surface area contributed by atoms with Gasteiger partial charge in [0, 0.05) is 6.07 Å². The van der Waals surface area contributed by atoms with Crippen molar-refractivity contribution in [3.05, 3.63) is 36.8 Å². The number of rotatable bonds is 1. The van der Waals surface area contributed by atoms with Crippen LogP contribution in [0.3, 0.4) is 0 Å². The molecule has 1 amide bonds. The van der Waals surface area contributed by atoms with Crippen LogP contribution < -0.4 is 4.90 Å². The molecule has 1 aliphatic rings. The Labute approximate surface area is 85.3 Å². The van der Waals surface area contributed by atoms with E-state index >= 15 is 0 Å². The van der Waals surface area contributed by atoms with E-state index in [0.717, 1.165) is 23.1 Å². The van der Waals surface area contributed by atoms with Gasteiger partial charge < -0.3 is 4.74 Å². The van der Waals surface area contributed by atoms with Crippen molar-refractivity contribution >= 4 is 11.8 Å². The van der Waals surface area contributed by atoms with Gasteiger partial charge in [0.25, 0.3) is 0 Å². The molecule has 1 saturated heterocycles. The van der Waals surface area contributed by atoms with Crippen molar-refractivity contribution in [2.75, 3.05) is 11.4 Å². The topological polar surface area (TPSA) is 29.5 Å². The summed E-state index contributed by atoms with van der Waals surface area (Å²) in [6.07, 6.45) is -1.15. The summed E-state index contributed by atoms with van der Waals surface area (Å²) >= 11 is 0. The molecule has 0 aromatic heterocycles. The molecule has 1 aromatic carbocycles. The standard InChI is InChI=1S/C10H8F2NO2/c1-6-5-13(10(14)15-6)9-3-7(11)2-8(12)4-9/h2-4,6H,1,5H2. The zero-order valence-electron chi connectivity index (χ0n) is 7.74. The van der Waals surface area contributed by atoms with Crippen LogP contribution in [0.25, 0.3) is 0 Å². The summed E-state index contributed by atoms with van der Waals surface area (Å²) < 4.78 is 30.5. The first-order chi connectivity index (χ1) is 7.06. The minimum atomic E-state index is -0.731. The maximum absolute atomic E-state index is 12.9. The van der Waals surface area contributed by atoms with Crippen LogP contribution in [0, 0.1) is 18.6 Å². The van der Waals surface area contributed by atoms with E-state index in [-0.39, 0.29) is 12.2 Å². The summed E-state index contributed by atoms with van der Waals surface area (Å²) in [5.41, 5.74) is 0.142. The number of nitrogens with zero attached hydrogens (tertiary/aromatic N) is 1. The predicted octanol–water partition coefficient (Wildman–Crippen LogP) is 2.12. The Hall–Kier alpha value is -1.65. The van der Waals surface area contributed by atoms with Gasteiger partial charge in [-0.25, -0.2) is 13.6 Å². The highest BCUT2D eigenvalue weighted by atomic mass is 19.1. The predicted molar refractivity (Wildman–Crippen MR) is 49.3 cm³/mol. The molecule has 0 bridgehead atoms. The molecular weight excluding hydrogens is 204 g/mol. The van der Waals surface area contributed by atoms with Gasteiger partial charge >= 0.3 is 6.09 Å². The van der Waals surface area contributed by atoms with Crippen molar-refractivity contribution < 1.29 is 18.3 Å². The number of cyclic esters (lactones) is 1. The molecule has 1 atom stereocenters. The minimum Gasteiger partial charge on any atom is -0.444 e. The van der Waals surface area contributed by atoms with Crippen LogP contribution in [0.2, 0.25) is 0 Å². The van der Waals surface area contributed by atoms with Crippen LogP contribution in [0.1, 0.15) is 0 Å². The number of carbonyl (C=O) groups is 1. The first-order valence-corrected chi connectivity index (χ1v) is 4.33. The van der Waals surface area contributed by atoms with E-state index in [9.17, 15) is 13.6 Å². The van der Waals surface area contributed by atoms with E-state index in [4.69, 9.17) is 4.74 Å². The molecule has 1 fully saturated rings. The number of hydrogen-bond donors (Lipinski definition) is 0. The van der Waals surface area contributed by atoms with E-state index in [2.05, 4.69) is 6.92 Å². The molecule has 0 aliphatic carbocycles. The van der Waals surface area contributed by atoms with Crippen LogP contribution in [0.4, 0.5) is 19.3 Å². The van der Waals surface area contributed by atoms with E-state index in [1.807, 2.05) is 0 Å². The number of ether oxygens (including phenoxy) is 1. The molecule has 1 aromatic rings. The lowest BCUT2D eigenvalue weighted by atomic mass is 10.2. The van der Waals surface area contributed by atoms with Crippen molar-refractivity contribution in [1.82, 2.24) is 0 Å². The van der Waals surface area contributed by atoms with Gasteiger partial charge in [-0.05, 0) is 19.1 Å². The van der Waals surface area contributed by atoms with Gasteiger partial charge in [0.2, 0.25) is 0 Å². The molecule has 1 unspecified atom stereocenters. The molecule has 79 valence electrons. The first-order valence-electron chi connectivity index (χ1n) is 4.33. The molecule has 15 heavy (non-hydrogen) atoms. The Balaban J connectivity index is 2.33. The highest BCUT2D eigenvalue weighted by molar-refractivity contribution is 5.89. The van der Waals surface area contributed by atoms with Crippen LogP contribution >= 0.6 is 0 Å². The summed E-state index contributed by atoms with van der Waals surface area (Å²) in [6, 6.07) is 2.89. The lowest BCUT2D eigenvalue weighted by Crippen LogP contribution is -2.24. The fraction of sp³-hybridized carbons (Fsp3) is 0.200. The highest BCUT2D eigenvalue weighted by Gasteiger charge is 2.29. The fourth-order valence-corrected chi connectivity index (χ4v) is 1.43. The fourth-order valence-electron chi connectivity index (χ4n) is 1.43. The maximum Gasteiger partial charge on any atom is 0.414 e. The number of benzene rings is 1. The summed E-state index contributed by atoms with van der Waals surface area (Å²) in [4.78, 5) is 12.4. The minimum absolute atomic E-state index is 0.142. The van der Waals surface area contributed by atoms with Crippen LogP contribution in [0.5, 0.6) is 0 Å². The van der Waals surface area contributed by atoms with E-state index < -0.39 is 23.8 Å². The van der Waals surface area contributed by atoms with Crippen LogP contribution in [-0.2, 0) is 4.74 Å². The quantitative estimate of drug-likeness (QED) is 0.713. The summed E-state index contributed by atoms with van der Waals surface area (Å²) in [6.45, 7) is 3.73. The molecule has 0 N–H and O–H groups in total. The molecule has 1 radical (unpaired) electrons. The van der Waals surface area contributed by atoms with Gasteiger partial charge in [-0.3, -0.25) is 4.90 Å². The van der Waals surface area contributed by atoms with Gasteiger partial charge in [-0.1, -0.05) is 0 Å². The van der Waals surface area contributed by atoms with E-state index in [0.29, 0.717) is 0 Å². The smallest absolute Gasteiger partial charge is 0.414 e. The zero-order valence-corrected chi connectivity index (χ0v) is 7.74. The van der Waals surface area contributed by atoms with Gasteiger partial charge in [0.1, 0.15) is 17.7 Å². The van der Waals surface area contributed by atoms with Crippen molar-refractivity contribution in [3.8, 4) is 0 Å². The molecule has 5 heteroatoms. The average Bonchev–Trinajstić information content (AvgIpc) is 2.43. The van der Waals surface area contributed by atoms with Crippen molar-refractivity contribution in [2.45, 2.75) is 6.10 Å². The third-order valence-corrected chi connectivity index (χ3v) is 2.03. The Morgan fingerprint density at radius 3 is 2.40 bits per heavy atom. The monoisotopic (exact) mass is 212 g/mol. The molecule has 3 nitrogen and oxygen atoms in total. The third kappa shape index (κ3) is 1.91. The van der Waals surface area contributed by atoms with Crippen molar-refractivity contribution in [2.24, 2.45) is 0 Å². The maximum atomic E-state index is 12.9. The average molecular weight is 212 g/mol.